The summed E-state index contributed by atoms with van der Waals surface area (Å²) in [4.78, 5) is 14.3. The summed E-state index contributed by atoms with van der Waals surface area (Å²) in [5, 5.41) is 12.9. The highest BCUT2D eigenvalue weighted by atomic mass is 32.1. The van der Waals surface area contributed by atoms with Crippen molar-refractivity contribution in [2.75, 3.05) is 33.4 Å². The van der Waals surface area contributed by atoms with E-state index in [2.05, 4.69) is 9.59 Å². The molecule has 0 spiro atoms. The quantitative estimate of drug-likeness (QED) is 0.756. The van der Waals surface area contributed by atoms with Crippen LogP contribution < -0.4 is 0 Å². The van der Waals surface area contributed by atoms with Crippen LogP contribution in [0.25, 0.3) is 0 Å². The maximum atomic E-state index is 12.2. The number of aryl methyl sites for hydroxylation is 1. The number of rotatable bonds is 7. The van der Waals surface area contributed by atoms with E-state index in [-0.39, 0.29) is 12.5 Å². The van der Waals surface area contributed by atoms with Gasteiger partial charge in [-0.05, 0) is 18.0 Å². The van der Waals surface area contributed by atoms with Crippen molar-refractivity contribution in [1.29, 1.82) is 0 Å². The Balaban J connectivity index is 2.76. The molecule has 96 valence electrons. The molecule has 1 heterocycles. The third kappa shape index (κ3) is 3.72. The van der Waals surface area contributed by atoms with Gasteiger partial charge < -0.3 is 14.7 Å². The van der Waals surface area contributed by atoms with E-state index < -0.39 is 0 Å². The maximum Gasteiger partial charge on any atom is 0.267 e. The van der Waals surface area contributed by atoms with E-state index in [0.717, 1.165) is 11.5 Å². The molecule has 1 N–H and O–H groups in total. The van der Waals surface area contributed by atoms with Crippen LogP contribution >= 0.6 is 11.5 Å². The average Bonchev–Trinajstić information content (AvgIpc) is 2.81. The molecule has 0 aliphatic heterocycles. The first kappa shape index (κ1) is 14.0. The summed E-state index contributed by atoms with van der Waals surface area (Å²) >= 11 is 1.10. The summed E-state index contributed by atoms with van der Waals surface area (Å²) in [7, 11) is 1.58. The van der Waals surface area contributed by atoms with Crippen molar-refractivity contribution in [2.24, 2.45) is 0 Å². The number of ether oxygens (including phenoxy) is 1. The molecule has 0 radical (unpaired) electrons. The molecule has 1 amide bonds. The highest BCUT2D eigenvalue weighted by Crippen LogP contribution is 2.14. The lowest BCUT2D eigenvalue weighted by Crippen LogP contribution is -2.36. The fourth-order valence-corrected chi connectivity index (χ4v) is 2.10. The van der Waals surface area contributed by atoms with Gasteiger partial charge in [0, 0.05) is 20.2 Å². The maximum absolute atomic E-state index is 12.2. The largest absolute Gasteiger partial charge is 0.395 e. The normalized spacial score (nSPS) is 10.5. The molecule has 17 heavy (non-hydrogen) atoms. The van der Waals surface area contributed by atoms with Crippen LogP contribution in [0.3, 0.4) is 0 Å². The fraction of sp³-hybridized carbons (Fsp3) is 0.700. The molecular formula is C10H17N3O3S. The molecule has 7 heteroatoms. The van der Waals surface area contributed by atoms with Gasteiger partial charge >= 0.3 is 0 Å². The molecule has 0 unspecified atom stereocenters. The van der Waals surface area contributed by atoms with Crippen molar-refractivity contribution < 1.29 is 14.6 Å². The number of methoxy groups -OCH3 is 1. The third-order valence-corrected chi connectivity index (χ3v) is 3.06. The van der Waals surface area contributed by atoms with Crippen molar-refractivity contribution in [3.63, 3.8) is 0 Å². The summed E-state index contributed by atoms with van der Waals surface area (Å²) in [6.07, 6.45) is 0.675. The van der Waals surface area contributed by atoms with Crippen LogP contribution in [-0.2, 0) is 11.2 Å². The van der Waals surface area contributed by atoms with Gasteiger partial charge in [0.15, 0.2) is 0 Å². The van der Waals surface area contributed by atoms with Crippen molar-refractivity contribution in [3.05, 3.63) is 10.6 Å². The zero-order valence-electron chi connectivity index (χ0n) is 10.0. The minimum atomic E-state index is -0.136. The first-order chi connectivity index (χ1) is 8.24. The van der Waals surface area contributed by atoms with Gasteiger partial charge in [-0.25, -0.2) is 0 Å². The highest BCUT2D eigenvalue weighted by molar-refractivity contribution is 7.07. The monoisotopic (exact) mass is 259 g/mol. The molecule has 0 fully saturated rings. The second kappa shape index (κ2) is 7.31. The Bertz CT molecular complexity index is 356. The van der Waals surface area contributed by atoms with Gasteiger partial charge in [-0.15, -0.1) is 5.10 Å². The zero-order chi connectivity index (χ0) is 12.7. The number of carbonyl (C=O) groups excluding carboxylic acids is 1. The summed E-state index contributed by atoms with van der Waals surface area (Å²) < 4.78 is 8.73. The van der Waals surface area contributed by atoms with Crippen LogP contribution in [-0.4, -0.2) is 58.9 Å². The highest BCUT2D eigenvalue weighted by Gasteiger charge is 2.20. The van der Waals surface area contributed by atoms with Gasteiger partial charge in [0.1, 0.15) is 4.88 Å². The van der Waals surface area contributed by atoms with Crippen LogP contribution in [0.4, 0.5) is 0 Å². The van der Waals surface area contributed by atoms with E-state index in [1.807, 2.05) is 6.92 Å². The molecule has 1 aromatic rings. The second-order valence-electron chi connectivity index (χ2n) is 3.41. The smallest absolute Gasteiger partial charge is 0.267 e. The van der Waals surface area contributed by atoms with Gasteiger partial charge in [-0.2, -0.15) is 0 Å². The number of hydrogen-bond acceptors (Lipinski definition) is 6. The summed E-state index contributed by atoms with van der Waals surface area (Å²) in [6.45, 7) is 3.06. The first-order valence-corrected chi connectivity index (χ1v) is 6.22. The van der Waals surface area contributed by atoms with E-state index in [1.165, 1.54) is 0 Å². The van der Waals surface area contributed by atoms with Crippen LogP contribution in [0, 0.1) is 0 Å². The molecule has 0 bridgehead atoms. The number of aliphatic hydroxyl groups excluding tert-OH is 1. The Labute approximate surface area is 104 Å². The van der Waals surface area contributed by atoms with Crippen molar-refractivity contribution in [2.45, 2.75) is 13.3 Å². The minimum Gasteiger partial charge on any atom is -0.395 e. The molecular weight excluding hydrogens is 242 g/mol. The van der Waals surface area contributed by atoms with Crippen LogP contribution in [0.15, 0.2) is 0 Å². The van der Waals surface area contributed by atoms with Gasteiger partial charge in [0.25, 0.3) is 5.91 Å². The van der Waals surface area contributed by atoms with Crippen LogP contribution in [0.5, 0.6) is 0 Å². The number of hydrogen-bond donors (Lipinski definition) is 1. The zero-order valence-corrected chi connectivity index (χ0v) is 10.9. The minimum absolute atomic E-state index is 0.0663. The van der Waals surface area contributed by atoms with Crippen LogP contribution in [0.2, 0.25) is 0 Å². The lowest BCUT2D eigenvalue weighted by atomic mass is 10.2. The lowest BCUT2D eigenvalue weighted by molar-refractivity contribution is 0.0660. The van der Waals surface area contributed by atoms with Crippen LogP contribution in [0.1, 0.15) is 22.3 Å². The number of amides is 1. The van der Waals surface area contributed by atoms with E-state index >= 15 is 0 Å². The Hall–Kier alpha value is -1.05. The van der Waals surface area contributed by atoms with E-state index in [4.69, 9.17) is 9.84 Å². The molecule has 1 aromatic heterocycles. The summed E-state index contributed by atoms with van der Waals surface area (Å²) in [5.41, 5.74) is 0.709. The number of aliphatic hydroxyl groups is 1. The van der Waals surface area contributed by atoms with Gasteiger partial charge in [0.2, 0.25) is 0 Å². The third-order valence-electron chi connectivity index (χ3n) is 2.31. The summed E-state index contributed by atoms with van der Waals surface area (Å²) in [5.74, 6) is -0.136. The van der Waals surface area contributed by atoms with Crippen molar-refractivity contribution in [1.82, 2.24) is 14.5 Å². The molecule has 0 aromatic carbocycles. The second-order valence-corrected chi connectivity index (χ2v) is 4.17. The topological polar surface area (TPSA) is 75.6 Å². The Morgan fingerprint density at radius 1 is 1.53 bits per heavy atom. The molecule has 0 aliphatic carbocycles. The Morgan fingerprint density at radius 3 is 2.88 bits per heavy atom. The average molecular weight is 259 g/mol. The SMILES string of the molecule is CCc1nnsc1C(=O)N(CCO)CCOC. The van der Waals surface area contributed by atoms with Crippen molar-refractivity contribution in [3.8, 4) is 0 Å². The predicted molar refractivity (Wildman–Crippen MR) is 64.2 cm³/mol. The van der Waals surface area contributed by atoms with E-state index in [1.54, 1.807) is 12.0 Å². The van der Waals surface area contributed by atoms with Gasteiger partial charge in [0.05, 0.1) is 18.9 Å². The van der Waals surface area contributed by atoms with Crippen molar-refractivity contribution >= 4 is 17.4 Å². The molecule has 6 nitrogen and oxygen atoms in total. The Kier molecular flexibility index (Phi) is 6.03. The Morgan fingerprint density at radius 2 is 2.29 bits per heavy atom. The molecule has 0 saturated heterocycles. The van der Waals surface area contributed by atoms with Gasteiger partial charge in [-0.1, -0.05) is 11.4 Å². The first-order valence-electron chi connectivity index (χ1n) is 5.44. The number of aromatic nitrogens is 2. The predicted octanol–water partition coefficient (Wildman–Crippen LogP) is 0.181. The molecule has 0 aliphatic rings. The van der Waals surface area contributed by atoms with E-state index in [0.29, 0.717) is 36.7 Å². The summed E-state index contributed by atoms with van der Waals surface area (Å²) in [6, 6.07) is 0. The standard InChI is InChI=1S/C10H17N3O3S/c1-3-8-9(17-12-11-8)10(15)13(4-6-14)5-7-16-2/h14H,3-7H2,1-2H3. The molecule has 0 saturated carbocycles. The lowest BCUT2D eigenvalue weighted by Gasteiger charge is -2.20. The molecule has 0 atom stereocenters. The molecule has 1 rings (SSSR count). The fourth-order valence-electron chi connectivity index (χ4n) is 1.38. The number of nitrogens with zero attached hydrogens (tertiary/aromatic N) is 3. The van der Waals surface area contributed by atoms with Gasteiger partial charge in [-0.3, -0.25) is 4.79 Å². The number of carbonyl (C=O) groups is 1. The van der Waals surface area contributed by atoms with E-state index in [9.17, 15) is 4.79 Å².